The number of para-hydroxylation sites is 1. The summed E-state index contributed by atoms with van der Waals surface area (Å²) in [5.74, 6) is 0.281. The maximum absolute atomic E-state index is 12.6. The van der Waals surface area contributed by atoms with Gasteiger partial charge in [0.05, 0.1) is 0 Å². The topological polar surface area (TPSA) is 39.3 Å². The number of fused-ring (bicyclic) bond motifs is 1. The second-order valence-corrected chi connectivity index (χ2v) is 7.32. The number of carbonyl (C=O) groups excluding carboxylic acids is 1. The minimum atomic E-state index is 0.281. The van der Waals surface area contributed by atoms with Crippen LogP contribution in [0.3, 0.4) is 0 Å². The van der Waals surface area contributed by atoms with E-state index in [1.165, 1.54) is 16.5 Å². The number of piperazine rings is 1. The van der Waals surface area contributed by atoms with Gasteiger partial charge in [-0.1, -0.05) is 48.5 Å². The average molecular weight is 361 g/mol. The van der Waals surface area contributed by atoms with Crippen molar-refractivity contribution in [2.75, 3.05) is 32.7 Å². The molecule has 1 saturated heterocycles. The molecule has 4 nitrogen and oxygen atoms in total. The van der Waals surface area contributed by atoms with Gasteiger partial charge in [0.2, 0.25) is 5.91 Å². The number of rotatable bonds is 6. The molecule has 27 heavy (non-hydrogen) atoms. The summed E-state index contributed by atoms with van der Waals surface area (Å²) in [5.41, 5.74) is 3.77. The van der Waals surface area contributed by atoms with Crippen LogP contribution in [0.15, 0.2) is 60.8 Å². The molecule has 0 atom stereocenters. The predicted molar refractivity (Wildman–Crippen MR) is 110 cm³/mol. The Bertz CT molecular complexity index is 879. The number of amides is 1. The lowest BCUT2D eigenvalue weighted by atomic mass is 10.1. The molecule has 1 fully saturated rings. The van der Waals surface area contributed by atoms with Crippen molar-refractivity contribution in [3.8, 4) is 0 Å². The molecule has 4 heteroatoms. The highest BCUT2D eigenvalue weighted by Crippen LogP contribution is 2.19. The van der Waals surface area contributed by atoms with Crippen LogP contribution in [-0.2, 0) is 17.6 Å². The number of aryl methyl sites for hydroxylation is 1. The van der Waals surface area contributed by atoms with Crippen molar-refractivity contribution >= 4 is 16.8 Å². The van der Waals surface area contributed by atoms with Gasteiger partial charge in [0.25, 0.3) is 0 Å². The van der Waals surface area contributed by atoms with E-state index in [1.807, 2.05) is 17.2 Å². The Balaban J connectivity index is 1.23. The van der Waals surface area contributed by atoms with Crippen LogP contribution in [0.2, 0.25) is 0 Å². The average Bonchev–Trinajstić information content (AvgIpc) is 3.15. The van der Waals surface area contributed by atoms with Crippen LogP contribution < -0.4 is 0 Å². The summed E-state index contributed by atoms with van der Waals surface area (Å²) in [6.45, 7) is 4.72. The number of aromatic nitrogens is 1. The van der Waals surface area contributed by atoms with Gasteiger partial charge in [-0.25, -0.2) is 0 Å². The van der Waals surface area contributed by atoms with E-state index in [4.69, 9.17) is 0 Å². The van der Waals surface area contributed by atoms with Gasteiger partial charge in [-0.05, 0) is 30.0 Å². The number of aromatic amines is 1. The first-order valence-electron chi connectivity index (χ1n) is 9.88. The van der Waals surface area contributed by atoms with E-state index >= 15 is 0 Å². The fourth-order valence-electron chi connectivity index (χ4n) is 3.89. The molecule has 3 aromatic rings. The lowest BCUT2D eigenvalue weighted by Crippen LogP contribution is -2.49. The molecular weight excluding hydrogens is 334 g/mol. The maximum atomic E-state index is 12.6. The third-order valence-electron chi connectivity index (χ3n) is 5.57. The Labute approximate surface area is 160 Å². The lowest BCUT2D eigenvalue weighted by Gasteiger charge is -2.34. The van der Waals surface area contributed by atoms with Crippen molar-refractivity contribution in [2.45, 2.75) is 19.3 Å². The van der Waals surface area contributed by atoms with Crippen molar-refractivity contribution in [1.82, 2.24) is 14.8 Å². The monoisotopic (exact) mass is 361 g/mol. The third kappa shape index (κ3) is 4.40. The molecule has 140 valence electrons. The van der Waals surface area contributed by atoms with Crippen molar-refractivity contribution in [1.29, 1.82) is 0 Å². The fraction of sp³-hybridized carbons (Fsp3) is 0.348. The van der Waals surface area contributed by atoms with Gasteiger partial charge in [-0.2, -0.15) is 0 Å². The molecule has 4 rings (SSSR count). The molecule has 1 aliphatic heterocycles. The summed E-state index contributed by atoms with van der Waals surface area (Å²) in [6.07, 6.45) is 4.51. The van der Waals surface area contributed by atoms with Gasteiger partial charge in [0.15, 0.2) is 0 Å². The molecule has 2 aromatic carbocycles. The number of benzene rings is 2. The number of hydrogen-bond acceptors (Lipinski definition) is 2. The first-order chi connectivity index (χ1) is 13.3. The Morgan fingerprint density at radius 3 is 2.44 bits per heavy atom. The van der Waals surface area contributed by atoms with Crippen LogP contribution >= 0.6 is 0 Å². The zero-order valence-corrected chi connectivity index (χ0v) is 15.7. The zero-order chi connectivity index (χ0) is 18.5. The van der Waals surface area contributed by atoms with Gasteiger partial charge in [0.1, 0.15) is 0 Å². The van der Waals surface area contributed by atoms with Gasteiger partial charge in [0, 0.05) is 56.2 Å². The molecule has 0 saturated carbocycles. The molecule has 0 unspecified atom stereocenters. The summed E-state index contributed by atoms with van der Waals surface area (Å²) in [7, 11) is 0. The Morgan fingerprint density at radius 1 is 0.889 bits per heavy atom. The standard InChI is InChI=1S/C23H27N3O/c27-23(11-10-20-18-24-22-9-5-4-8-21(20)22)26-16-14-25(15-17-26)13-12-19-6-2-1-3-7-19/h1-9,18,24H,10-17H2. The van der Waals surface area contributed by atoms with Gasteiger partial charge < -0.3 is 9.88 Å². The van der Waals surface area contributed by atoms with E-state index in [0.29, 0.717) is 6.42 Å². The van der Waals surface area contributed by atoms with Crippen LogP contribution in [0.4, 0.5) is 0 Å². The van der Waals surface area contributed by atoms with Crippen molar-refractivity contribution in [2.24, 2.45) is 0 Å². The summed E-state index contributed by atoms with van der Waals surface area (Å²) in [6, 6.07) is 18.9. The van der Waals surface area contributed by atoms with Crippen LogP contribution in [-0.4, -0.2) is 53.4 Å². The van der Waals surface area contributed by atoms with Gasteiger partial charge >= 0.3 is 0 Å². The molecule has 0 spiro atoms. The molecule has 0 bridgehead atoms. The van der Waals surface area contributed by atoms with Gasteiger partial charge in [-0.15, -0.1) is 0 Å². The van der Waals surface area contributed by atoms with E-state index in [-0.39, 0.29) is 5.91 Å². The number of carbonyl (C=O) groups is 1. The van der Waals surface area contributed by atoms with E-state index in [0.717, 1.165) is 51.1 Å². The van der Waals surface area contributed by atoms with Crippen molar-refractivity contribution < 1.29 is 4.79 Å². The summed E-state index contributed by atoms with van der Waals surface area (Å²) in [5, 5.41) is 1.23. The highest BCUT2D eigenvalue weighted by atomic mass is 16.2. The Hall–Kier alpha value is -2.59. The second kappa shape index (κ2) is 8.40. The summed E-state index contributed by atoms with van der Waals surface area (Å²) < 4.78 is 0. The Kier molecular flexibility index (Phi) is 5.54. The van der Waals surface area contributed by atoms with Crippen LogP contribution in [0.5, 0.6) is 0 Å². The van der Waals surface area contributed by atoms with Crippen molar-refractivity contribution in [3.05, 3.63) is 71.9 Å². The minimum Gasteiger partial charge on any atom is -0.361 e. The fourth-order valence-corrected chi connectivity index (χ4v) is 3.89. The lowest BCUT2D eigenvalue weighted by molar-refractivity contribution is -0.132. The number of nitrogens with one attached hydrogen (secondary N) is 1. The first-order valence-corrected chi connectivity index (χ1v) is 9.88. The maximum Gasteiger partial charge on any atom is 0.222 e. The minimum absolute atomic E-state index is 0.281. The van der Waals surface area contributed by atoms with E-state index in [1.54, 1.807) is 0 Å². The van der Waals surface area contributed by atoms with Crippen LogP contribution in [0.25, 0.3) is 10.9 Å². The van der Waals surface area contributed by atoms with E-state index in [9.17, 15) is 4.79 Å². The van der Waals surface area contributed by atoms with E-state index < -0.39 is 0 Å². The SMILES string of the molecule is O=C(CCc1c[nH]c2ccccc12)N1CCN(CCc2ccccc2)CC1. The Morgan fingerprint density at radius 2 is 1.63 bits per heavy atom. The van der Waals surface area contributed by atoms with Crippen molar-refractivity contribution in [3.63, 3.8) is 0 Å². The highest BCUT2D eigenvalue weighted by Gasteiger charge is 2.20. The smallest absolute Gasteiger partial charge is 0.222 e. The number of H-pyrrole nitrogens is 1. The molecule has 2 heterocycles. The summed E-state index contributed by atoms with van der Waals surface area (Å²) >= 11 is 0. The van der Waals surface area contributed by atoms with Crippen LogP contribution in [0.1, 0.15) is 17.5 Å². The second-order valence-electron chi connectivity index (χ2n) is 7.32. The largest absolute Gasteiger partial charge is 0.361 e. The third-order valence-corrected chi connectivity index (χ3v) is 5.57. The molecule has 0 aliphatic carbocycles. The first kappa shape index (κ1) is 17.8. The number of nitrogens with zero attached hydrogens (tertiary/aromatic N) is 2. The van der Waals surface area contributed by atoms with Crippen LogP contribution in [0, 0.1) is 0 Å². The molecule has 1 aromatic heterocycles. The number of hydrogen-bond donors (Lipinski definition) is 1. The molecule has 1 aliphatic rings. The van der Waals surface area contributed by atoms with E-state index in [2.05, 4.69) is 58.4 Å². The molecule has 1 amide bonds. The molecule has 0 radical (unpaired) electrons. The quantitative estimate of drug-likeness (QED) is 0.730. The summed E-state index contributed by atoms with van der Waals surface area (Å²) in [4.78, 5) is 20.4. The molecule has 1 N–H and O–H groups in total. The zero-order valence-electron chi connectivity index (χ0n) is 15.7. The highest BCUT2D eigenvalue weighted by molar-refractivity contribution is 5.84. The van der Waals surface area contributed by atoms with Gasteiger partial charge in [-0.3, -0.25) is 9.69 Å². The predicted octanol–water partition coefficient (Wildman–Crippen LogP) is 3.49. The normalized spacial score (nSPS) is 15.3. The molecular formula is C23H27N3O.